The zero-order valence-corrected chi connectivity index (χ0v) is 14.1. The molecule has 1 N–H and O–H groups in total. The number of carbonyl (C=O) groups excluding carboxylic acids is 1. The number of sulfonamides is 1. The smallest absolute Gasteiger partial charge is 0.409 e. The molecule has 0 saturated heterocycles. The van der Waals surface area contributed by atoms with Gasteiger partial charge in [-0.3, -0.25) is 4.72 Å². The number of fused-ring (bicyclic) bond motifs is 1. The normalized spacial score (nSPS) is 14.2. The van der Waals surface area contributed by atoms with E-state index in [0.717, 1.165) is 17.5 Å². The molecule has 1 aliphatic rings. The highest BCUT2D eigenvalue weighted by atomic mass is 32.2. The topological polar surface area (TPSA) is 75.7 Å². The fraction of sp³-hybridized carbons (Fsp3) is 0.267. The van der Waals surface area contributed by atoms with Gasteiger partial charge in [0, 0.05) is 18.8 Å². The summed E-state index contributed by atoms with van der Waals surface area (Å²) in [4.78, 5) is 13.2. The van der Waals surface area contributed by atoms with Gasteiger partial charge in [-0.1, -0.05) is 12.1 Å². The number of rotatable bonds is 3. The van der Waals surface area contributed by atoms with E-state index in [1.165, 1.54) is 18.4 Å². The SMILES string of the molecule is COC(=O)N1CCc2ccc(NS(=O)(=O)c3cccs3)cc2C1. The molecule has 0 unspecified atom stereocenters. The number of benzene rings is 1. The van der Waals surface area contributed by atoms with Crippen LogP contribution in [0, 0.1) is 0 Å². The summed E-state index contributed by atoms with van der Waals surface area (Å²) in [7, 11) is -2.22. The van der Waals surface area contributed by atoms with Crippen LogP contribution >= 0.6 is 11.3 Å². The first-order valence-corrected chi connectivity index (χ1v) is 9.37. The fourth-order valence-electron chi connectivity index (χ4n) is 2.53. The van der Waals surface area contributed by atoms with E-state index in [0.29, 0.717) is 18.8 Å². The molecule has 1 aromatic carbocycles. The Balaban J connectivity index is 1.83. The van der Waals surface area contributed by atoms with E-state index in [9.17, 15) is 13.2 Å². The maximum Gasteiger partial charge on any atom is 0.409 e. The summed E-state index contributed by atoms with van der Waals surface area (Å²) in [5.41, 5.74) is 2.53. The van der Waals surface area contributed by atoms with Gasteiger partial charge in [0.25, 0.3) is 10.0 Å². The number of nitrogens with one attached hydrogen (secondary N) is 1. The number of hydrogen-bond donors (Lipinski definition) is 1. The third-order valence-corrected chi connectivity index (χ3v) is 6.44. The van der Waals surface area contributed by atoms with Gasteiger partial charge in [-0.2, -0.15) is 0 Å². The quantitative estimate of drug-likeness (QED) is 0.921. The Kier molecular flexibility index (Phi) is 4.27. The van der Waals surface area contributed by atoms with Gasteiger partial charge in [0.2, 0.25) is 0 Å². The number of hydrogen-bond acceptors (Lipinski definition) is 5. The van der Waals surface area contributed by atoms with Crippen molar-refractivity contribution in [1.29, 1.82) is 0 Å². The standard InChI is InChI=1S/C15H16N2O4S2/c1-21-15(18)17-7-6-11-4-5-13(9-12(11)10-17)16-23(19,20)14-3-2-8-22-14/h2-5,8-9,16H,6-7,10H2,1H3. The lowest BCUT2D eigenvalue weighted by molar-refractivity contribution is 0.118. The van der Waals surface area contributed by atoms with Crippen molar-refractivity contribution in [3.63, 3.8) is 0 Å². The third kappa shape index (κ3) is 3.32. The highest BCUT2D eigenvalue weighted by molar-refractivity contribution is 7.94. The van der Waals surface area contributed by atoms with Gasteiger partial charge in [0.05, 0.1) is 7.11 Å². The highest BCUT2D eigenvalue weighted by Crippen LogP contribution is 2.25. The number of nitrogens with zero attached hydrogens (tertiary/aromatic N) is 1. The Labute approximate surface area is 138 Å². The predicted molar refractivity (Wildman–Crippen MR) is 88.1 cm³/mol. The lowest BCUT2D eigenvalue weighted by Gasteiger charge is -2.28. The number of methoxy groups -OCH3 is 1. The van der Waals surface area contributed by atoms with E-state index < -0.39 is 10.0 Å². The maximum atomic E-state index is 12.3. The van der Waals surface area contributed by atoms with Crippen molar-refractivity contribution in [2.45, 2.75) is 17.2 Å². The summed E-state index contributed by atoms with van der Waals surface area (Å²) >= 11 is 1.17. The van der Waals surface area contributed by atoms with Crippen molar-refractivity contribution in [1.82, 2.24) is 4.90 Å². The van der Waals surface area contributed by atoms with Crippen molar-refractivity contribution in [3.8, 4) is 0 Å². The van der Waals surface area contributed by atoms with Crippen LogP contribution in [-0.4, -0.2) is 33.1 Å². The molecule has 23 heavy (non-hydrogen) atoms. The Morgan fingerprint density at radius 3 is 2.83 bits per heavy atom. The summed E-state index contributed by atoms with van der Waals surface area (Å²) < 4.78 is 32.1. The number of amides is 1. The number of anilines is 1. The van der Waals surface area contributed by atoms with E-state index in [1.54, 1.807) is 34.5 Å². The van der Waals surface area contributed by atoms with Crippen molar-refractivity contribution >= 4 is 33.1 Å². The molecule has 0 radical (unpaired) electrons. The number of thiophene rings is 1. The lowest BCUT2D eigenvalue weighted by Crippen LogP contribution is -2.35. The Morgan fingerprint density at radius 2 is 2.13 bits per heavy atom. The summed E-state index contributed by atoms with van der Waals surface area (Å²) in [5.74, 6) is 0. The second-order valence-electron chi connectivity index (χ2n) is 5.16. The lowest BCUT2D eigenvalue weighted by atomic mass is 9.99. The van der Waals surface area contributed by atoms with E-state index in [4.69, 9.17) is 4.74 Å². The molecule has 0 aliphatic carbocycles. The van der Waals surface area contributed by atoms with Gasteiger partial charge < -0.3 is 9.64 Å². The zero-order valence-electron chi connectivity index (χ0n) is 12.5. The maximum absolute atomic E-state index is 12.3. The van der Waals surface area contributed by atoms with Gasteiger partial charge in [0.15, 0.2) is 0 Å². The van der Waals surface area contributed by atoms with Gasteiger partial charge >= 0.3 is 6.09 Å². The van der Waals surface area contributed by atoms with Gasteiger partial charge in [-0.15, -0.1) is 11.3 Å². The molecular weight excluding hydrogens is 336 g/mol. The molecule has 1 aromatic heterocycles. The molecule has 0 atom stereocenters. The highest BCUT2D eigenvalue weighted by Gasteiger charge is 2.22. The average Bonchev–Trinajstić information content (AvgIpc) is 3.08. The van der Waals surface area contributed by atoms with Crippen LogP contribution in [0.1, 0.15) is 11.1 Å². The number of ether oxygens (including phenoxy) is 1. The molecule has 0 fully saturated rings. The minimum absolute atomic E-state index is 0.270. The van der Waals surface area contributed by atoms with Crippen molar-refractivity contribution < 1.29 is 17.9 Å². The minimum Gasteiger partial charge on any atom is -0.453 e. The predicted octanol–water partition coefficient (Wildman–Crippen LogP) is 2.67. The second kappa shape index (κ2) is 6.21. The summed E-state index contributed by atoms with van der Waals surface area (Å²) in [5, 5.41) is 1.72. The first-order valence-electron chi connectivity index (χ1n) is 7.00. The molecule has 122 valence electrons. The van der Waals surface area contributed by atoms with Crippen LogP contribution in [0.3, 0.4) is 0 Å². The molecule has 3 rings (SSSR count). The molecule has 1 amide bonds. The Bertz CT molecular complexity index is 816. The Morgan fingerprint density at radius 1 is 1.30 bits per heavy atom. The molecule has 6 nitrogen and oxygen atoms in total. The van der Waals surface area contributed by atoms with Crippen molar-refractivity contribution in [2.24, 2.45) is 0 Å². The average molecular weight is 352 g/mol. The summed E-state index contributed by atoms with van der Waals surface area (Å²) in [6, 6.07) is 8.67. The van der Waals surface area contributed by atoms with Gasteiger partial charge in [-0.25, -0.2) is 13.2 Å². The summed E-state index contributed by atoms with van der Waals surface area (Å²) in [6.07, 6.45) is 0.350. The van der Waals surface area contributed by atoms with E-state index in [-0.39, 0.29) is 10.3 Å². The van der Waals surface area contributed by atoms with Crippen molar-refractivity contribution in [3.05, 3.63) is 46.8 Å². The Hall–Kier alpha value is -2.06. The fourth-order valence-corrected chi connectivity index (χ4v) is 4.57. The monoisotopic (exact) mass is 352 g/mol. The molecule has 0 bridgehead atoms. The first-order chi connectivity index (χ1) is 11.0. The van der Waals surface area contributed by atoms with Crippen LogP contribution < -0.4 is 4.72 Å². The zero-order chi connectivity index (χ0) is 16.4. The van der Waals surface area contributed by atoms with Gasteiger partial charge in [0.1, 0.15) is 4.21 Å². The van der Waals surface area contributed by atoms with Crippen LogP contribution in [-0.2, 0) is 27.7 Å². The van der Waals surface area contributed by atoms with E-state index in [1.807, 2.05) is 6.07 Å². The van der Waals surface area contributed by atoms with E-state index in [2.05, 4.69) is 4.72 Å². The van der Waals surface area contributed by atoms with Crippen LogP contribution in [0.25, 0.3) is 0 Å². The largest absolute Gasteiger partial charge is 0.453 e. The molecule has 2 aromatic rings. The molecule has 2 heterocycles. The van der Waals surface area contributed by atoms with Crippen LogP contribution in [0.2, 0.25) is 0 Å². The van der Waals surface area contributed by atoms with Crippen molar-refractivity contribution in [2.75, 3.05) is 18.4 Å². The molecule has 0 spiro atoms. The number of carbonyl (C=O) groups is 1. The van der Waals surface area contributed by atoms with Gasteiger partial charge in [-0.05, 0) is 41.1 Å². The summed E-state index contributed by atoms with van der Waals surface area (Å²) in [6.45, 7) is 1.01. The van der Waals surface area contributed by atoms with Crippen LogP contribution in [0.4, 0.5) is 10.5 Å². The molecule has 1 aliphatic heterocycles. The molecule has 0 saturated carbocycles. The third-order valence-electron chi connectivity index (χ3n) is 3.66. The minimum atomic E-state index is -3.57. The van der Waals surface area contributed by atoms with Crippen LogP contribution in [0.5, 0.6) is 0 Å². The second-order valence-corrected chi connectivity index (χ2v) is 8.02. The van der Waals surface area contributed by atoms with E-state index >= 15 is 0 Å². The molecule has 8 heteroatoms. The van der Waals surface area contributed by atoms with Crippen LogP contribution in [0.15, 0.2) is 39.9 Å². The molecular formula is C15H16N2O4S2. The first kappa shape index (κ1) is 15.8.